The predicted octanol–water partition coefficient (Wildman–Crippen LogP) is 5.18. The molecule has 0 saturated carbocycles. The number of nitrogens with one attached hydrogen (secondary N) is 1. The van der Waals surface area contributed by atoms with Gasteiger partial charge in [0.05, 0.1) is 0 Å². The van der Waals surface area contributed by atoms with Crippen LogP contribution >= 0.6 is 11.6 Å². The molecule has 0 atom stereocenters. The van der Waals surface area contributed by atoms with Gasteiger partial charge in [0.1, 0.15) is 0 Å². The van der Waals surface area contributed by atoms with E-state index in [0.29, 0.717) is 21.8 Å². The molecule has 0 bridgehead atoms. The largest absolute Gasteiger partial charge is 0.322 e. The molecule has 0 radical (unpaired) electrons. The lowest BCUT2D eigenvalue weighted by molar-refractivity contribution is 0.0993. The van der Waals surface area contributed by atoms with E-state index in [-0.39, 0.29) is 11.8 Å². The molecule has 3 aromatic rings. The Labute approximate surface area is 163 Å². The molecule has 0 aliphatic carbocycles. The van der Waals surface area contributed by atoms with Crippen LogP contribution in [0.15, 0.2) is 72.8 Å². The van der Waals surface area contributed by atoms with Crippen LogP contribution in [0.1, 0.15) is 26.3 Å². The Bertz CT molecular complexity index is 987. The summed E-state index contributed by atoms with van der Waals surface area (Å²) in [6, 6.07) is 21.3. The summed E-state index contributed by atoms with van der Waals surface area (Å²) in [4.78, 5) is 26.9. The van der Waals surface area contributed by atoms with Gasteiger partial charge in [-0.25, -0.2) is 0 Å². The van der Waals surface area contributed by atoms with Crippen LogP contribution in [0.4, 0.5) is 11.4 Å². The van der Waals surface area contributed by atoms with Crippen LogP contribution < -0.4 is 10.2 Å². The standard InChI is InChI=1S/C22H19ClN2O2/c1-15-11-12-18(23)14-20(15)24-21(26)16-7-6-8-17(13-16)22(27)25(2)19-9-4-3-5-10-19/h3-14H,1-2H3,(H,24,26). The molecule has 2 amide bonds. The number of aryl methyl sites for hydroxylation is 1. The Morgan fingerprint density at radius 1 is 0.889 bits per heavy atom. The lowest BCUT2D eigenvalue weighted by atomic mass is 10.1. The van der Waals surface area contributed by atoms with Crippen molar-refractivity contribution in [3.63, 3.8) is 0 Å². The van der Waals surface area contributed by atoms with Crippen LogP contribution in [0.5, 0.6) is 0 Å². The van der Waals surface area contributed by atoms with Gasteiger partial charge >= 0.3 is 0 Å². The Hall–Kier alpha value is -3.11. The van der Waals surface area contributed by atoms with Gasteiger partial charge in [0, 0.05) is 34.6 Å². The minimum Gasteiger partial charge on any atom is -0.322 e. The normalized spacial score (nSPS) is 10.3. The van der Waals surface area contributed by atoms with Crippen molar-refractivity contribution in [2.24, 2.45) is 0 Å². The quantitative estimate of drug-likeness (QED) is 0.680. The Morgan fingerprint density at radius 2 is 1.59 bits per heavy atom. The third-order valence-electron chi connectivity index (χ3n) is 4.27. The second kappa shape index (κ2) is 8.06. The molecule has 4 nitrogen and oxygen atoms in total. The Balaban J connectivity index is 1.81. The summed E-state index contributed by atoms with van der Waals surface area (Å²) in [5.41, 5.74) is 3.18. The van der Waals surface area contributed by atoms with Crippen LogP contribution in [-0.2, 0) is 0 Å². The molecule has 3 rings (SSSR count). The Morgan fingerprint density at radius 3 is 2.33 bits per heavy atom. The molecule has 0 fully saturated rings. The highest BCUT2D eigenvalue weighted by atomic mass is 35.5. The van der Waals surface area contributed by atoms with E-state index in [9.17, 15) is 9.59 Å². The molecular weight excluding hydrogens is 360 g/mol. The van der Waals surface area contributed by atoms with Gasteiger partial charge in [-0.1, -0.05) is 41.9 Å². The molecule has 0 spiro atoms. The second-order valence-electron chi connectivity index (χ2n) is 6.19. The highest BCUT2D eigenvalue weighted by molar-refractivity contribution is 6.31. The summed E-state index contributed by atoms with van der Waals surface area (Å²) in [5, 5.41) is 3.39. The van der Waals surface area contributed by atoms with Crippen molar-refractivity contribution in [1.29, 1.82) is 0 Å². The molecule has 0 saturated heterocycles. The number of carbonyl (C=O) groups excluding carboxylic acids is 2. The van der Waals surface area contributed by atoms with E-state index >= 15 is 0 Å². The fourth-order valence-electron chi connectivity index (χ4n) is 2.68. The summed E-state index contributed by atoms with van der Waals surface area (Å²) in [6.07, 6.45) is 0. The second-order valence-corrected chi connectivity index (χ2v) is 6.63. The molecule has 136 valence electrons. The topological polar surface area (TPSA) is 49.4 Å². The average molecular weight is 379 g/mol. The molecule has 3 aromatic carbocycles. The minimum absolute atomic E-state index is 0.185. The summed E-state index contributed by atoms with van der Waals surface area (Å²) in [6.45, 7) is 1.89. The molecule has 0 unspecified atom stereocenters. The van der Waals surface area contributed by atoms with E-state index in [4.69, 9.17) is 11.6 Å². The third-order valence-corrected chi connectivity index (χ3v) is 4.50. The van der Waals surface area contributed by atoms with Crippen molar-refractivity contribution in [3.8, 4) is 0 Å². The van der Waals surface area contributed by atoms with Gasteiger partial charge < -0.3 is 10.2 Å². The number of rotatable bonds is 4. The third kappa shape index (κ3) is 4.36. The van der Waals surface area contributed by atoms with E-state index in [1.807, 2.05) is 43.3 Å². The predicted molar refractivity (Wildman–Crippen MR) is 110 cm³/mol. The number of hydrogen-bond acceptors (Lipinski definition) is 2. The first-order valence-electron chi connectivity index (χ1n) is 8.46. The van der Waals surface area contributed by atoms with Crippen molar-refractivity contribution in [2.45, 2.75) is 6.92 Å². The lowest BCUT2D eigenvalue weighted by Gasteiger charge is -2.17. The first-order chi connectivity index (χ1) is 13.0. The van der Waals surface area contributed by atoms with E-state index in [2.05, 4.69) is 5.32 Å². The molecule has 0 heterocycles. The zero-order valence-corrected chi connectivity index (χ0v) is 15.8. The maximum absolute atomic E-state index is 12.8. The van der Waals surface area contributed by atoms with Crippen molar-refractivity contribution in [3.05, 3.63) is 94.5 Å². The first kappa shape index (κ1) is 18.7. The lowest BCUT2D eigenvalue weighted by Crippen LogP contribution is -2.26. The van der Waals surface area contributed by atoms with E-state index in [0.717, 1.165) is 11.3 Å². The number of nitrogens with zero attached hydrogens (tertiary/aromatic N) is 1. The van der Waals surface area contributed by atoms with Gasteiger partial charge in [-0.05, 0) is 55.0 Å². The number of benzene rings is 3. The Kier molecular flexibility index (Phi) is 5.57. The van der Waals surface area contributed by atoms with Gasteiger partial charge in [0.25, 0.3) is 11.8 Å². The zero-order chi connectivity index (χ0) is 19.4. The highest BCUT2D eigenvalue weighted by Gasteiger charge is 2.16. The van der Waals surface area contributed by atoms with Gasteiger partial charge in [0.2, 0.25) is 0 Å². The van der Waals surface area contributed by atoms with Crippen molar-refractivity contribution in [1.82, 2.24) is 0 Å². The molecule has 0 aliphatic rings. The van der Waals surface area contributed by atoms with Crippen LogP contribution in [-0.4, -0.2) is 18.9 Å². The smallest absolute Gasteiger partial charge is 0.258 e. The van der Waals surface area contributed by atoms with E-state index in [1.165, 1.54) is 0 Å². The number of halogens is 1. The molecule has 0 aromatic heterocycles. The summed E-state index contributed by atoms with van der Waals surface area (Å²) in [7, 11) is 1.71. The average Bonchev–Trinajstić information content (AvgIpc) is 2.70. The SMILES string of the molecule is Cc1ccc(Cl)cc1NC(=O)c1cccc(C(=O)N(C)c2ccccc2)c1. The maximum atomic E-state index is 12.8. The van der Waals surface area contributed by atoms with Gasteiger partial charge in [-0.2, -0.15) is 0 Å². The number of amides is 2. The number of carbonyl (C=O) groups is 2. The molecular formula is C22H19ClN2O2. The summed E-state index contributed by atoms with van der Waals surface area (Å²) in [5.74, 6) is -0.479. The maximum Gasteiger partial charge on any atom is 0.258 e. The minimum atomic E-state index is -0.294. The van der Waals surface area contributed by atoms with Crippen molar-refractivity contribution >= 4 is 34.8 Å². The van der Waals surface area contributed by atoms with Gasteiger partial charge in [-0.15, -0.1) is 0 Å². The monoisotopic (exact) mass is 378 g/mol. The number of hydrogen-bond donors (Lipinski definition) is 1. The molecule has 27 heavy (non-hydrogen) atoms. The molecule has 0 aliphatic heterocycles. The van der Waals surface area contributed by atoms with Crippen LogP contribution in [0, 0.1) is 6.92 Å². The van der Waals surface area contributed by atoms with Gasteiger partial charge in [0.15, 0.2) is 0 Å². The highest BCUT2D eigenvalue weighted by Crippen LogP contribution is 2.21. The molecule has 1 N–H and O–H groups in total. The fourth-order valence-corrected chi connectivity index (χ4v) is 2.85. The summed E-state index contributed by atoms with van der Waals surface area (Å²) >= 11 is 6.00. The van der Waals surface area contributed by atoms with Gasteiger partial charge in [-0.3, -0.25) is 9.59 Å². The number of para-hydroxylation sites is 1. The summed E-state index contributed by atoms with van der Waals surface area (Å²) < 4.78 is 0. The van der Waals surface area contributed by atoms with Crippen molar-refractivity contribution in [2.75, 3.05) is 17.3 Å². The van der Waals surface area contributed by atoms with Crippen molar-refractivity contribution < 1.29 is 9.59 Å². The van der Waals surface area contributed by atoms with Crippen LogP contribution in [0.2, 0.25) is 5.02 Å². The number of anilines is 2. The van der Waals surface area contributed by atoms with Crippen LogP contribution in [0.3, 0.4) is 0 Å². The van der Waals surface area contributed by atoms with Crippen LogP contribution in [0.25, 0.3) is 0 Å². The first-order valence-corrected chi connectivity index (χ1v) is 8.84. The fraction of sp³-hybridized carbons (Fsp3) is 0.0909. The zero-order valence-electron chi connectivity index (χ0n) is 15.1. The molecule has 5 heteroatoms. The van der Waals surface area contributed by atoms with E-state index < -0.39 is 0 Å². The van der Waals surface area contributed by atoms with E-state index in [1.54, 1.807) is 48.3 Å².